The number of nitrogens with one attached hydrogen (secondary N) is 1. The van der Waals surface area contributed by atoms with Crippen LogP contribution in [-0.2, 0) is 6.42 Å². The van der Waals surface area contributed by atoms with Crippen molar-refractivity contribution < 1.29 is 9.53 Å². The Hall–Kier alpha value is -2.92. The standard InChI is InChI=1S/C21H18N2O2S/c1-3-13-6-4-5-7-17(13)22-20(24)19-12-15-10-14-11-16(25-2)8-9-18(14)23-21(15)26-19/h4-12H,3H2,1-2H3,(H,22,24). The third-order valence-electron chi connectivity index (χ3n) is 4.38. The summed E-state index contributed by atoms with van der Waals surface area (Å²) in [6.45, 7) is 2.08. The van der Waals surface area contributed by atoms with Gasteiger partial charge in [0.2, 0.25) is 0 Å². The van der Waals surface area contributed by atoms with Crippen molar-refractivity contribution >= 4 is 44.1 Å². The van der Waals surface area contributed by atoms with E-state index in [-0.39, 0.29) is 5.91 Å². The fourth-order valence-corrected chi connectivity index (χ4v) is 3.90. The molecule has 1 amide bonds. The highest BCUT2D eigenvalue weighted by molar-refractivity contribution is 7.20. The fraction of sp³-hybridized carbons (Fsp3) is 0.143. The Morgan fingerprint density at radius 2 is 1.96 bits per heavy atom. The molecular weight excluding hydrogens is 344 g/mol. The van der Waals surface area contributed by atoms with E-state index in [1.165, 1.54) is 11.3 Å². The normalized spacial score (nSPS) is 11.0. The molecule has 4 rings (SSSR count). The van der Waals surface area contributed by atoms with E-state index in [0.29, 0.717) is 4.88 Å². The van der Waals surface area contributed by atoms with Gasteiger partial charge in [0.15, 0.2) is 0 Å². The minimum Gasteiger partial charge on any atom is -0.497 e. The lowest BCUT2D eigenvalue weighted by Crippen LogP contribution is -2.11. The van der Waals surface area contributed by atoms with E-state index < -0.39 is 0 Å². The number of methoxy groups -OCH3 is 1. The molecule has 0 spiro atoms. The summed E-state index contributed by atoms with van der Waals surface area (Å²) < 4.78 is 5.28. The van der Waals surface area contributed by atoms with Gasteiger partial charge in [0, 0.05) is 16.5 Å². The predicted octanol–water partition coefficient (Wildman–Crippen LogP) is 5.27. The largest absolute Gasteiger partial charge is 0.497 e. The van der Waals surface area contributed by atoms with E-state index in [9.17, 15) is 4.79 Å². The maximum absolute atomic E-state index is 12.7. The molecule has 0 unspecified atom stereocenters. The Morgan fingerprint density at radius 1 is 1.12 bits per heavy atom. The number of aryl methyl sites for hydroxylation is 1. The van der Waals surface area contributed by atoms with Crippen molar-refractivity contribution in [3.8, 4) is 5.75 Å². The lowest BCUT2D eigenvalue weighted by molar-refractivity contribution is 0.103. The number of hydrogen-bond donors (Lipinski definition) is 1. The second kappa shape index (κ2) is 6.77. The molecule has 130 valence electrons. The quantitative estimate of drug-likeness (QED) is 0.538. The van der Waals surface area contributed by atoms with E-state index in [1.807, 2.05) is 54.6 Å². The molecule has 0 aliphatic carbocycles. The van der Waals surface area contributed by atoms with Gasteiger partial charge in [-0.25, -0.2) is 4.98 Å². The average Bonchev–Trinajstić information content (AvgIpc) is 3.09. The van der Waals surface area contributed by atoms with E-state index in [2.05, 4.69) is 17.2 Å². The Morgan fingerprint density at radius 3 is 2.77 bits per heavy atom. The van der Waals surface area contributed by atoms with E-state index in [4.69, 9.17) is 4.74 Å². The number of aromatic nitrogens is 1. The third-order valence-corrected chi connectivity index (χ3v) is 5.42. The van der Waals surface area contributed by atoms with E-state index in [0.717, 1.165) is 44.5 Å². The number of ether oxygens (including phenoxy) is 1. The molecule has 4 aromatic rings. The Kier molecular flexibility index (Phi) is 4.31. The summed E-state index contributed by atoms with van der Waals surface area (Å²) in [6, 6.07) is 17.6. The van der Waals surface area contributed by atoms with Gasteiger partial charge < -0.3 is 10.1 Å². The molecule has 0 aliphatic heterocycles. The van der Waals surface area contributed by atoms with E-state index in [1.54, 1.807) is 7.11 Å². The lowest BCUT2D eigenvalue weighted by atomic mass is 10.1. The van der Waals surface area contributed by atoms with Crippen molar-refractivity contribution in [3.63, 3.8) is 0 Å². The zero-order valence-corrected chi connectivity index (χ0v) is 15.4. The summed E-state index contributed by atoms with van der Waals surface area (Å²) in [5, 5.41) is 4.98. The highest BCUT2D eigenvalue weighted by atomic mass is 32.1. The number of benzene rings is 2. The van der Waals surface area contributed by atoms with Gasteiger partial charge in [0.1, 0.15) is 10.6 Å². The smallest absolute Gasteiger partial charge is 0.265 e. The summed E-state index contributed by atoms with van der Waals surface area (Å²) in [5.41, 5.74) is 2.88. The number of hydrogen-bond acceptors (Lipinski definition) is 4. The van der Waals surface area contributed by atoms with Crippen LogP contribution < -0.4 is 10.1 Å². The molecule has 0 atom stereocenters. The summed E-state index contributed by atoms with van der Waals surface area (Å²) in [5.74, 6) is 0.693. The Labute approximate surface area is 155 Å². The molecule has 26 heavy (non-hydrogen) atoms. The number of anilines is 1. The third kappa shape index (κ3) is 3.02. The summed E-state index contributed by atoms with van der Waals surface area (Å²) in [7, 11) is 1.65. The van der Waals surface area contributed by atoms with Gasteiger partial charge in [0.05, 0.1) is 17.5 Å². The number of pyridine rings is 1. The molecule has 2 heterocycles. The van der Waals surface area contributed by atoms with E-state index >= 15 is 0 Å². The first-order valence-corrected chi connectivity index (χ1v) is 9.27. The molecule has 0 saturated heterocycles. The minimum atomic E-state index is -0.101. The molecule has 4 nitrogen and oxygen atoms in total. The number of para-hydroxylation sites is 1. The van der Waals surface area contributed by atoms with Gasteiger partial charge in [-0.15, -0.1) is 11.3 Å². The fourth-order valence-electron chi connectivity index (χ4n) is 2.99. The average molecular weight is 362 g/mol. The second-order valence-electron chi connectivity index (χ2n) is 6.02. The van der Waals surface area contributed by atoms with Crippen LogP contribution in [0.25, 0.3) is 21.1 Å². The summed E-state index contributed by atoms with van der Waals surface area (Å²) in [6.07, 6.45) is 0.873. The van der Waals surface area contributed by atoms with Crippen molar-refractivity contribution in [3.05, 3.63) is 65.0 Å². The van der Waals surface area contributed by atoms with Crippen LogP contribution in [-0.4, -0.2) is 18.0 Å². The zero-order valence-electron chi connectivity index (χ0n) is 14.6. The van der Waals surface area contributed by atoms with Gasteiger partial charge in [-0.3, -0.25) is 4.79 Å². The van der Waals surface area contributed by atoms with Crippen LogP contribution in [0.1, 0.15) is 22.2 Å². The van der Waals surface area contributed by atoms with Gasteiger partial charge in [-0.05, 0) is 48.4 Å². The van der Waals surface area contributed by atoms with Crippen LogP contribution in [0, 0.1) is 0 Å². The maximum atomic E-state index is 12.7. The van der Waals surface area contributed by atoms with Crippen LogP contribution in [0.3, 0.4) is 0 Å². The molecule has 5 heteroatoms. The molecular formula is C21H18N2O2S. The maximum Gasteiger partial charge on any atom is 0.265 e. The van der Waals surface area contributed by atoms with Gasteiger partial charge >= 0.3 is 0 Å². The van der Waals surface area contributed by atoms with Crippen LogP contribution in [0.15, 0.2) is 54.6 Å². The van der Waals surface area contributed by atoms with Crippen molar-refractivity contribution in [1.29, 1.82) is 0 Å². The number of rotatable bonds is 4. The molecule has 0 radical (unpaired) electrons. The van der Waals surface area contributed by atoms with Crippen LogP contribution >= 0.6 is 11.3 Å². The van der Waals surface area contributed by atoms with Gasteiger partial charge in [-0.1, -0.05) is 25.1 Å². The number of fused-ring (bicyclic) bond motifs is 2. The molecule has 0 fully saturated rings. The Bertz CT molecular complexity index is 1120. The van der Waals surface area contributed by atoms with Crippen molar-refractivity contribution in [2.75, 3.05) is 12.4 Å². The SMILES string of the molecule is CCc1ccccc1NC(=O)c1cc2cc3cc(OC)ccc3nc2s1. The number of thiophene rings is 1. The molecule has 0 saturated carbocycles. The minimum absolute atomic E-state index is 0.101. The highest BCUT2D eigenvalue weighted by Gasteiger charge is 2.13. The van der Waals surface area contributed by atoms with Crippen molar-refractivity contribution in [2.45, 2.75) is 13.3 Å². The first kappa shape index (κ1) is 16.5. The van der Waals surface area contributed by atoms with Crippen LogP contribution in [0.4, 0.5) is 5.69 Å². The van der Waals surface area contributed by atoms with Crippen LogP contribution in [0.5, 0.6) is 5.75 Å². The number of carbonyl (C=O) groups excluding carboxylic acids is 1. The van der Waals surface area contributed by atoms with Crippen LogP contribution in [0.2, 0.25) is 0 Å². The van der Waals surface area contributed by atoms with Crippen molar-refractivity contribution in [1.82, 2.24) is 4.98 Å². The monoisotopic (exact) mass is 362 g/mol. The molecule has 0 aliphatic rings. The van der Waals surface area contributed by atoms with Gasteiger partial charge in [-0.2, -0.15) is 0 Å². The van der Waals surface area contributed by atoms with Gasteiger partial charge in [0.25, 0.3) is 5.91 Å². The Balaban J connectivity index is 1.70. The summed E-state index contributed by atoms with van der Waals surface area (Å²) in [4.78, 5) is 18.9. The number of nitrogens with zero attached hydrogens (tertiary/aromatic N) is 1. The zero-order chi connectivity index (χ0) is 18.1. The predicted molar refractivity (Wildman–Crippen MR) is 107 cm³/mol. The lowest BCUT2D eigenvalue weighted by Gasteiger charge is -2.08. The summed E-state index contributed by atoms with van der Waals surface area (Å²) >= 11 is 1.41. The number of carbonyl (C=O) groups is 1. The molecule has 2 aromatic heterocycles. The first-order chi connectivity index (χ1) is 12.7. The molecule has 1 N–H and O–H groups in total. The first-order valence-electron chi connectivity index (χ1n) is 8.45. The second-order valence-corrected chi connectivity index (χ2v) is 7.05. The molecule has 2 aromatic carbocycles. The van der Waals surface area contributed by atoms with Crippen molar-refractivity contribution in [2.24, 2.45) is 0 Å². The number of amides is 1. The topological polar surface area (TPSA) is 51.2 Å². The molecule has 0 bridgehead atoms. The highest BCUT2D eigenvalue weighted by Crippen LogP contribution is 2.30.